The Labute approximate surface area is 252 Å². The van der Waals surface area contributed by atoms with E-state index in [-0.39, 0.29) is 11.7 Å². The first-order valence-electron chi connectivity index (χ1n) is 14.3. The van der Waals surface area contributed by atoms with Gasteiger partial charge in [0.1, 0.15) is 17.0 Å². The van der Waals surface area contributed by atoms with Gasteiger partial charge >= 0.3 is 12.1 Å². The van der Waals surface area contributed by atoms with Gasteiger partial charge in [0.15, 0.2) is 0 Å². The van der Waals surface area contributed by atoms with Crippen molar-refractivity contribution in [2.75, 3.05) is 49.7 Å². The number of nitrogens with one attached hydrogen (secondary N) is 3. The molecule has 0 atom stereocenters. The molecule has 1 aliphatic heterocycles. The fraction of sp³-hybridized carbons (Fsp3) is 0.375. The number of benzene rings is 2. The molecule has 0 aliphatic carbocycles. The molecule has 0 fully saturated rings. The number of urea groups is 1. The van der Waals surface area contributed by atoms with Crippen LogP contribution in [0.25, 0.3) is 0 Å². The zero-order valence-electron chi connectivity index (χ0n) is 25.4. The van der Waals surface area contributed by atoms with E-state index in [1.807, 2.05) is 32.3 Å². The number of anilines is 3. The maximum atomic E-state index is 13.3. The van der Waals surface area contributed by atoms with Crippen LogP contribution in [-0.4, -0.2) is 72.2 Å². The molecule has 0 saturated heterocycles. The summed E-state index contributed by atoms with van der Waals surface area (Å²) in [6.07, 6.45) is 2.59. The molecule has 0 spiro atoms. The van der Waals surface area contributed by atoms with Crippen molar-refractivity contribution in [1.82, 2.24) is 14.8 Å². The smallest absolute Gasteiger partial charge is 0.412 e. The lowest BCUT2D eigenvalue weighted by molar-refractivity contribution is 0.0635. The second-order valence-corrected chi connectivity index (χ2v) is 11.6. The van der Waals surface area contributed by atoms with Crippen molar-refractivity contribution in [3.63, 3.8) is 0 Å². The molecule has 0 radical (unpaired) electrons. The SMILES string of the molecule is CN(C)CCCN(Cc1ccc(C(=O)Nc2ccccc2NC(=O)OC(C)(C)C)nc1)C(=O)Nc1ccc2c(c1)CCO2. The topological polar surface area (TPSA) is 125 Å². The van der Waals surface area contributed by atoms with Gasteiger partial charge in [-0.25, -0.2) is 9.59 Å². The van der Waals surface area contributed by atoms with E-state index in [9.17, 15) is 14.4 Å². The van der Waals surface area contributed by atoms with Crippen molar-refractivity contribution in [3.05, 3.63) is 77.6 Å². The first-order chi connectivity index (χ1) is 20.5. The molecule has 0 saturated carbocycles. The molecule has 0 unspecified atom stereocenters. The predicted octanol–water partition coefficient (Wildman–Crippen LogP) is 5.60. The second kappa shape index (κ2) is 14.0. The Morgan fingerprint density at radius 3 is 2.37 bits per heavy atom. The number of fused-ring (bicyclic) bond motifs is 1. The molecule has 1 aromatic heterocycles. The third kappa shape index (κ3) is 9.44. The van der Waals surface area contributed by atoms with Crippen LogP contribution in [0, 0.1) is 0 Å². The molecule has 228 valence electrons. The monoisotopic (exact) mass is 588 g/mol. The van der Waals surface area contributed by atoms with Crippen LogP contribution in [0.1, 0.15) is 48.8 Å². The molecule has 4 amide bonds. The van der Waals surface area contributed by atoms with Gasteiger partial charge in [-0.3, -0.25) is 15.1 Å². The number of ether oxygens (including phenoxy) is 2. The third-order valence-corrected chi connectivity index (χ3v) is 6.50. The average molecular weight is 589 g/mol. The lowest BCUT2D eigenvalue weighted by atomic mass is 10.1. The number of para-hydroxylation sites is 2. The van der Waals surface area contributed by atoms with Crippen LogP contribution in [0.4, 0.5) is 26.7 Å². The van der Waals surface area contributed by atoms with Crippen molar-refractivity contribution in [3.8, 4) is 5.75 Å². The van der Waals surface area contributed by atoms with Crippen molar-refractivity contribution in [1.29, 1.82) is 0 Å². The fourth-order valence-corrected chi connectivity index (χ4v) is 4.47. The van der Waals surface area contributed by atoms with Crippen LogP contribution in [0.2, 0.25) is 0 Å². The largest absolute Gasteiger partial charge is 0.493 e. The number of carbonyl (C=O) groups excluding carboxylic acids is 3. The summed E-state index contributed by atoms with van der Waals surface area (Å²) in [6, 6.07) is 15.7. The van der Waals surface area contributed by atoms with Gasteiger partial charge in [0.2, 0.25) is 0 Å². The third-order valence-electron chi connectivity index (χ3n) is 6.50. The van der Waals surface area contributed by atoms with Gasteiger partial charge in [-0.2, -0.15) is 0 Å². The summed E-state index contributed by atoms with van der Waals surface area (Å²) in [6.45, 7) is 7.67. The number of hydrogen-bond acceptors (Lipinski definition) is 7. The molecule has 43 heavy (non-hydrogen) atoms. The van der Waals surface area contributed by atoms with Crippen LogP contribution in [-0.2, 0) is 17.7 Å². The van der Waals surface area contributed by atoms with E-state index in [1.165, 1.54) is 0 Å². The molecule has 2 aromatic carbocycles. The molecular formula is C32H40N6O5. The number of pyridine rings is 1. The van der Waals surface area contributed by atoms with Gasteiger partial charge in [0.25, 0.3) is 5.91 Å². The van der Waals surface area contributed by atoms with E-state index >= 15 is 0 Å². The number of nitrogens with zero attached hydrogens (tertiary/aromatic N) is 3. The lowest BCUT2D eigenvalue weighted by Gasteiger charge is -2.24. The summed E-state index contributed by atoms with van der Waals surface area (Å²) in [4.78, 5) is 46.7. The van der Waals surface area contributed by atoms with Gasteiger partial charge in [-0.15, -0.1) is 0 Å². The highest BCUT2D eigenvalue weighted by Crippen LogP contribution is 2.28. The molecule has 11 heteroatoms. The van der Waals surface area contributed by atoms with Gasteiger partial charge in [-0.1, -0.05) is 18.2 Å². The normalized spacial score (nSPS) is 12.2. The number of carbonyl (C=O) groups is 3. The molecule has 3 aromatic rings. The highest BCUT2D eigenvalue weighted by molar-refractivity contribution is 6.05. The maximum Gasteiger partial charge on any atom is 0.412 e. The maximum absolute atomic E-state index is 13.3. The van der Waals surface area contributed by atoms with Crippen LogP contribution < -0.4 is 20.7 Å². The molecule has 1 aliphatic rings. The van der Waals surface area contributed by atoms with Crippen molar-refractivity contribution >= 4 is 35.1 Å². The Hall–Kier alpha value is -4.64. The Kier molecular flexibility index (Phi) is 10.2. The minimum atomic E-state index is -0.659. The molecular weight excluding hydrogens is 548 g/mol. The van der Waals surface area contributed by atoms with E-state index in [1.54, 1.807) is 68.3 Å². The zero-order chi connectivity index (χ0) is 31.0. The van der Waals surface area contributed by atoms with E-state index in [0.717, 1.165) is 42.0 Å². The van der Waals surface area contributed by atoms with Crippen LogP contribution >= 0.6 is 0 Å². The molecule has 3 N–H and O–H groups in total. The molecule has 2 heterocycles. The van der Waals surface area contributed by atoms with E-state index in [0.29, 0.717) is 31.1 Å². The first kappa shape index (κ1) is 31.3. The van der Waals surface area contributed by atoms with E-state index in [4.69, 9.17) is 9.47 Å². The number of aromatic nitrogens is 1. The Bertz CT molecular complexity index is 1430. The molecule has 11 nitrogen and oxygen atoms in total. The highest BCUT2D eigenvalue weighted by atomic mass is 16.6. The Balaban J connectivity index is 1.40. The van der Waals surface area contributed by atoms with Gasteiger partial charge in [0, 0.05) is 31.4 Å². The van der Waals surface area contributed by atoms with Crippen molar-refractivity contribution in [2.45, 2.75) is 45.8 Å². The summed E-state index contributed by atoms with van der Waals surface area (Å²) < 4.78 is 10.9. The lowest BCUT2D eigenvalue weighted by Crippen LogP contribution is -2.36. The second-order valence-electron chi connectivity index (χ2n) is 11.6. The summed E-state index contributed by atoms with van der Waals surface area (Å²) >= 11 is 0. The van der Waals surface area contributed by atoms with Crippen LogP contribution in [0.15, 0.2) is 60.8 Å². The zero-order valence-corrected chi connectivity index (χ0v) is 25.4. The summed E-state index contributed by atoms with van der Waals surface area (Å²) in [5.74, 6) is 0.421. The van der Waals surface area contributed by atoms with Crippen molar-refractivity contribution < 1.29 is 23.9 Å². The molecule has 0 bridgehead atoms. The first-order valence-corrected chi connectivity index (χ1v) is 14.3. The van der Waals surface area contributed by atoms with Gasteiger partial charge in [0.05, 0.1) is 18.0 Å². The quantitative estimate of drug-likeness (QED) is 0.282. The standard InChI is InChI=1S/C32H40N6O5/c1-32(2,3)43-31(41)36-26-10-7-6-9-25(26)35-29(39)27-13-11-22(20-33-27)21-38(17-8-16-37(4)5)30(40)34-24-12-14-28-23(19-24)15-18-42-28/h6-7,9-14,19-20H,8,15-18,21H2,1-5H3,(H,34,40)(H,35,39)(H,36,41). The number of amides is 4. The van der Waals surface area contributed by atoms with Crippen LogP contribution in [0.3, 0.4) is 0 Å². The summed E-state index contributed by atoms with van der Waals surface area (Å²) in [7, 11) is 3.99. The highest BCUT2D eigenvalue weighted by Gasteiger charge is 2.20. The molecule has 4 rings (SSSR count). The van der Waals surface area contributed by atoms with E-state index in [2.05, 4.69) is 25.8 Å². The average Bonchev–Trinajstić information content (AvgIpc) is 3.41. The van der Waals surface area contributed by atoms with E-state index < -0.39 is 17.6 Å². The predicted molar refractivity (Wildman–Crippen MR) is 167 cm³/mol. The van der Waals surface area contributed by atoms with Crippen LogP contribution in [0.5, 0.6) is 5.75 Å². The Morgan fingerprint density at radius 1 is 0.953 bits per heavy atom. The fourth-order valence-electron chi connectivity index (χ4n) is 4.47. The van der Waals surface area contributed by atoms with Gasteiger partial charge in [-0.05, 0) is 95.4 Å². The summed E-state index contributed by atoms with van der Waals surface area (Å²) in [5.41, 5.74) is 2.93. The number of rotatable bonds is 10. The minimum Gasteiger partial charge on any atom is -0.493 e. The number of hydrogen-bond donors (Lipinski definition) is 3. The summed E-state index contributed by atoms with van der Waals surface area (Å²) in [5, 5.41) is 8.48. The van der Waals surface area contributed by atoms with Gasteiger partial charge < -0.3 is 29.9 Å². The van der Waals surface area contributed by atoms with Crippen molar-refractivity contribution in [2.24, 2.45) is 0 Å². The Morgan fingerprint density at radius 2 is 1.70 bits per heavy atom. The minimum absolute atomic E-state index is 0.194.